The molecule has 18 heavy (non-hydrogen) atoms. The van der Waals surface area contributed by atoms with Crippen LogP contribution in [0.25, 0.3) is 0 Å². The third-order valence-corrected chi connectivity index (χ3v) is 4.85. The third kappa shape index (κ3) is 5.26. The lowest BCUT2D eigenvalue weighted by molar-refractivity contribution is 0.555. The van der Waals surface area contributed by atoms with E-state index in [1.807, 2.05) is 11.8 Å². The number of rotatable bonds is 7. The van der Waals surface area contributed by atoms with Crippen LogP contribution in [0.4, 0.5) is 0 Å². The van der Waals surface area contributed by atoms with Crippen LogP contribution >= 0.6 is 23.1 Å². The standard InChI is InChI=1S/C13H25N3S2/c1-5-6-17-8-10(16-14)7-12-15-11(9-18-12)13(2,3)4/h9-10,16H,5-8,14H2,1-4H3. The number of nitrogens with two attached hydrogens (primary N) is 1. The van der Waals surface area contributed by atoms with E-state index in [0.29, 0.717) is 6.04 Å². The number of hydrazine groups is 1. The zero-order chi connectivity index (χ0) is 13.6. The van der Waals surface area contributed by atoms with Crippen molar-refractivity contribution in [1.29, 1.82) is 0 Å². The fraction of sp³-hybridized carbons (Fsp3) is 0.769. The van der Waals surface area contributed by atoms with Crippen LogP contribution in [0.3, 0.4) is 0 Å². The van der Waals surface area contributed by atoms with Crippen molar-refractivity contribution < 1.29 is 0 Å². The number of thiazole rings is 1. The number of nitrogens with zero attached hydrogens (tertiary/aromatic N) is 1. The molecule has 1 aromatic rings. The highest BCUT2D eigenvalue weighted by atomic mass is 32.2. The van der Waals surface area contributed by atoms with Gasteiger partial charge in [-0.2, -0.15) is 11.8 Å². The molecule has 0 saturated carbocycles. The van der Waals surface area contributed by atoms with E-state index < -0.39 is 0 Å². The summed E-state index contributed by atoms with van der Waals surface area (Å²) in [6, 6.07) is 0.320. The Morgan fingerprint density at radius 2 is 2.22 bits per heavy atom. The second-order valence-electron chi connectivity index (χ2n) is 5.52. The molecule has 5 heteroatoms. The lowest BCUT2D eigenvalue weighted by Crippen LogP contribution is -2.38. The van der Waals surface area contributed by atoms with E-state index in [2.05, 4.69) is 38.5 Å². The quantitative estimate of drug-likeness (QED) is 0.460. The lowest BCUT2D eigenvalue weighted by atomic mass is 9.93. The normalized spacial score (nSPS) is 13.8. The number of aromatic nitrogens is 1. The van der Waals surface area contributed by atoms with E-state index in [4.69, 9.17) is 10.8 Å². The molecular formula is C13H25N3S2. The Hall–Kier alpha value is -0.100. The molecule has 0 amide bonds. The third-order valence-electron chi connectivity index (χ3n) is 2.64. The van der Waals surface area contributed by atoms with Crippen LogP contribution in [-0.4, -0.2) is 22.5 Å². The number of thioether (sulfide) groups is 1. The zero-order valence-corrected chi connectivity index (χ0v) is 13.5. The molecule has 1 rings (SSSR count). The van der Waals surface area contributed by atoms with E-state index in [-0.39, 0.29) is 5.41 Å². The highest BCUT2D eigenvalue weighted by Gasteiger charge is 2.18. The lowest BCUT2D eigenvalue weighted by Gasteiger charge is -2.15. The van der Waals surface area contributed by atoms with Gasteiger partial charge in [-0.1, -0.05) is 27.7 Å². The van der Waals surface area contributed by atoms with Crippen molar-refractivity contribution in [3.8, 4) is 0 Å². The largest absolute Gasteiger partial charge is 0.271 e. The molecule has 0 aliphatic rings. The Bertz CT molecular complexity index is 344. The van der Waals surface area contributed by atoms with Gasteiger partial charge in [-0.15, -0.1) is 11.3 Å². The molecule has 1 atom stereocenters. The summed E-state index contributed by atoms with van der Waals surface area (Å²) in [6.07, 6.45) is 2.14. The molecule has 0 saturated heterocycles. The fourth-order valence-electron chi connectivity index (χ4n) is 1.50. The Morgan fingerprint density at radius 1 is 1.50 bits per heavy atom. The van der Waals surface area contributed by atoms with E-state index in [9.17, 15) is 0 Å². The van der Waals surface area contributed by atoms with Gasteiger partial charge in [0.2, 0.25) is 0 Å². The average molecular weight is 287 g/mol. The van der Waals surface area contributed by atoms with E-state index in [0.717, 1.165) is 12.2 Å². The van der Waals surface area contributed by atoms with Crippen molar-refractivity contribution in [2.75, 3.05) is 11.5 Å². The van der Waals surface area contributed by atoms with Crippen LogP contribution in [0.15, 0.2) is 5.38 Å². The molecule has 0 fully saturated rings. The van der Waals surface area contributed by atoms with E-state index in [1.165, 1.54) is 22.9 Å². The minimum atomic E-state index is 0.136. The van der Waals surface area contributed by atoms with Gasteiger partial charge in [0.15, 0.2) is 0 Å². The fourth-order valence-corrected chi connectivity index (χ4v) is 3.55. The van der Waals surface area contributed by atoms with Gasteiger partial charge >= 0.3 is 0 Å². The van der Waals surface area contributed by atoms with E-state index in [1.54, 1.807) is 11.3 Å². The van der Waals surface area contributed by atoms with Crippen LogP contribution in [0.2, 0.25) is 0 Å². The average Bonchev–Trinajstić information content (AvgIpc) is 2.76. The Labute approximate surface area is 119 Å². The van der Waals surface area contributed by atoms with Gasteiger partial charge in [-0.3, -0.25) is 11.3 Å². The van der Waals surface area contributed by atoms with Crippen LogP contribution in [-0.2, 0) is 11.8 Å². The molecule has 1 aromatic heterocycles. The molecule has 0 aliphatic carbocycles. The van der Waals surface area contributed by atoms with Crippen molar-refractivity contribution >= 4 is 23.1 Å². The molecule has 104 valence electrons. The van der Waals surface area contributed by atoms with Crippen LogP contribution in [0, 0.1) is 0 Å². The number of hydrogen-bond donors (Lipinski definition) is 2. The maximum atomic E-state index is 5.61. The Morgan fingerprint density at radius 3 is 2.72 bits per heavy atom. The highest BCUT2D eigenvalue weighted by molar-refractivity contribution is 7.99. The Kier molecular flexibility index (Phi) is 6.63. The maximum Gasteiger partial charge on any atom is 0.0944 e. The summed E-state index contributed by atoms with van der Waals surface area (Å²) in [6.45, 7) is 8.79. The summed E-state index contributed by atoms with van der Waals surface area (Å²) < 4.78 is 0. The molecular weight excluding hydrogens is 262 g/mol. The summed E-state index contributed by atoms with van der Waals surface area (Å²) in [5, 5.41) is 3.35. The second-order valence-corrected chi connectivity index (χ2v) is 7.61. The van der Waals surface area contributed by atoms with Crippen molar-refractivity contribution in [3.63, 3.8) is 0 Å². The summed E-state index contributed by atoms with van der Waals surface area (Å²) >= 11 is 3.70. The van der Waals surface area contributed by atoms with Gasteiger partial charge in [-0.05, 0) is 12.2 Å². The monoisotopic (exact) mass is 287 g/mol. The molecule has 0 spiro atoms. The molecule has 0 radical (unpaired) electrons. The summed E-state index contributed by atoms with van der Waals surface area (Å²) in [5.74, 6) is 7.86. The number of nitrogens with one attached hydrogen (secondary N) is 1. The SMILES string of the molecule is CCCSCC(Cc1nc(C(C)(C)C)cs1)NN. The molecule has 0 aromatic carbocycles. The van der Waals surface area contributed by atoms with Gasteiger partial charge in [0.1, 0.15) is 0 Å². The molecule has 3 N–H and O–H groups in total. The summed E-state index contributed by atoms with van der Waals surface area (Å²) in [5.41, 5.74) is 4.22. The van der Waals surface area contributed by atoms with Gasteiger partial charge in [-0.25, -0.2) is 4.98 Å². The first-order chi connectivity index (χ1) is 8.47. The smallest absolute Gasteiger partial charge is 0.0944 e. The van der Waals surface area contributed by atoms with Crippen molar-refractivity contribution in [2.24, 2.45) is 5.84 Å². The van der Waals surface area contributed by atoms with Crippen LogP contribution < -0.4 is 11.3 Å². The van der Waals surface area contributed by atoms with Crippen molar-refractivity contribution in [2.45, 2.75) is 52.0 Å². The van der Waals surface area contributed by atoms with Gasteiger partial charge < -0.3 is 0 Å². The minimum absolute atomic E-state index is 0.136. The predicted octanol–water partition coefficient (Wildman–Crippen LogP) is 2.96. The molecule has 1 heterocycles. The summed E-state index contributed by atoms with van der Waals surface area (Å²) in [4.78, 5) is 4.71. The van der Waals surface area contributed by atoms with Crippen molar-refractivity contribution in [1.82, 2.24) is 10.4 Å². The highest BCUT2D eigenvalue weighted by Crippen LogP contribution is 2.24. The molecule has 1 unspecified atom stereocenters. The minimum Gasteiger partial charge on any atom is -0.271 e. The predicted molar refractivity (Wildman–Crippen MR) is 83.2 cm³/mol. The first-order valence-corrected chi connectivity index (χ1v) is 8.49. The number of hydrogen-bond acceptors (Lipinski definition) is 5. The van der Waals surface area contributed by atoms with Gasteiger partial charge in [0.05, 0.1) is 10.7 Å². The zero-order valence-electron chi connectivity index (χ0n) is 11.8. The second kappa shape index (κ2) is 7.48. The molecule has 3 nitrogen and oxygen atoms in total. The maximum absolute atomic E-state index is 5.61. The molecule has 0 aliphatic heterocycles. The first-order valence-electron chi connectivity index (χ1n) is 6.46. The topological polar surface area (TPSA) is 50.9 Å². The Balaban J connectivity index is 2.51. The van der Waals surface area contributed by atoms with Gasteiger partial charge in [0, 0.05) is 29.0 Å². The summed E-state index contributed by atoms with van der Waals surface area (Å²) in [7, 11) is 0. The van der Waals surface area contributed by atoms with E-state index >= 15 is 0 Å². The first kappa shape index (κ1) is 16.0. The van der Waals surface area contributed by atoms with Crippen LogP contribution in [0.5, 0.6) is 0 Å². The van der Waals surface area contributed by atoms with Gasteiger partial charge in [0.25, 0.3) is 0 Å². The molecule has 0 bridgehead atoms. The van der Waals surface area contributed by atoms with Crippen LogP contribution in [0.1, 0.15) is 44.8 Å². The van der Waals surface area contributed by atoms with Crippen molar-refractivity contribution in [3.05, 3.63) is 16.1 Å².